The Morgan fingerprint density at radius 1 is 0.917 bits per heavy atom. The Morgan fingerprint density at radius 2 is 1.50 bits per heavy atom. The van der Waals surface area contributed by atoms with Gasteiger partial charge < -0.3 is 5.32 Å². The molecule has 0 aliphatic rings. The number of hydrogen-bond donors (Lipinski definition) is 1. The summed E-state index contributed by atoms with van der Waals surface area (Å²) in [5, 5.41) is 3.62. The van der Waals surface area contributed by atoms with Gasteiger partial charge in [0.25, 0.3) is 0 Å². The number of nitrogens with one attached hydrogen (secondary N) is 1. The maximum absolute atomic E-state index is 3.62. The van der Waals surface area contributed by atoms with Crippen LogP contribution in [-0.2, 0) is 0 Å². The van der Waals surface area contributed by atoms with Crippen molar-refractivity contribution in [1.29, 1.82) is 0 Å². The Morgan fingerprint density at radius 3 is 2.00 bits per heavy atom. The molecule has 0 aromatic rings. The average molecular weight is 171 g/mol. The first kappa shape index (κ1) is 12.0. The van der Waals surface area contributed by atoms with Crippen LogP contribution in [0.1, 0.15) is 59.8 Å². The highest BCUT2D eigenvalue weighted by Crippen LogP contribution is 2.03. The van der Waals surface area contributed by atoms with Crippen LogP contribution in [0.5, 0.6) is 0 Å². The maximum Gasteiger partial charge on any atom is 0.00412 e. The fourth-order valence-corrected chi connectivity index (χ4v) is 1.60. The van der Waals surface area contributed by atoms with Crippen molar-refractivity contribution in [2.24, 2.45) is 0 Å². The molecule has 2 unspecified atom stereocenters. The van der Waals surface area contributed by atoms with Gasteiger partial charge in [-0.15, -0.1) is 0 Å². The highest BCUT2D eigenvalue weighted by Gasteiger charge is 2.04. The van der Waals surface area contributed by atoms with E-state index in [0.29, 0.717) is 12.1 Å². The van der Waals surface area contributed by atoms with Gasteiger partial charge in [-0.3, -0.25) is 0 Å². The second kappa shape index (κ2) is 7.60. The van der Waals surface area contributed by atoms with Crippen LogP contribution in [-0.4, -0.2) is 12.1 Å². The van der Waals surface area contributed by atoms with Gasteiger partial charge in [0.2, 0.25) is 0 Å². The Hall–Kier alpha value is -0.0400. The lowest BCUT2D eigenvalue weighted by molar-refractivity contribution is 0.417. The van der Waals surface area contributed by atoms with Crippen molar-refractivity contribution in [3.05, 3.63) is 0 Å². The van der Waals surface area contributed by atoms with E-state index in [0.717, 1.165) is 0 Å². The molecule has 2 atom stereocenters. The number of rotatable bonds is 7. The minimum atomic E-state index is 0.696. The van der Waals surface area contributed by atoms with Crippen LogP contribution in [0.25, 0.3) is 0 Å². The molecule has 0 spiro atoms. The van der Waals surface area contributed by atoms with E-state index in [2.05, 4.69) is 33.0 Å². The van der Waals surface area contributed by atoms with Crippen LogP contribution in [0.4, 0.5) is 0 Å². The van der Waals surface area contributed by atoms with Gasteiger partial charge >= 0.3 is 0 Å². The van der Waals surface area contributed by atoms with Crippen LogP contribution in [0, 0.1) is 0 Å². The van der Waals surface area contributed by atoms with Crippen molar-refractivity contribution in [3.8, 4) is 0 Å². The summed E-state index contributed by atoms with van der Waals surface area (Å²) in [6.07, 6.45) is 6.58. The SMILES string of the molecule is CCCCC(C)NC(C)CCC. The van der Waals surface area contributed by atoms with Crippen LogP contribution in [0.3, 0.4) is 0 Å². The molecule has 0 aromatic heterocycles. The first-order valence-corrected chi connectivity index (χ1v) is 5.46. The van der Waals surface area contributed by atoms with E-state index in [1.807, 2.05) is 0 Å². The fraction of sp³-hybridized carbons (Fsp3) is 1.00. The molecule has 0 aliphatic carbocycles. The maximum atomic E-state index is 3.62. The second-order valence-corrected chi connectivity index (χ2v) is 3.90. The van der Waals surface area contributed by atoms with Gasteiger partial charge in [-0.25, -0.2) is 0 Å². The van der Waals surface area contributed by atoms with Gasteiger partial charge in [0, 0.05) is 12.1 Å². The van der Waals surface area contributed by atoms with Gasteiger partial charge in [0.05, 0.1) is 0 Å². The molecule has 1 nitrogen and oxygen atoms in total. The molecule has 0 heterocycles. The lowest BCUT2D eigenvalue weighted by Crippen LogP contribution is -2.34. The van der Waals surface area contributed by atoms with Crippen LogP contribution in [0.2, 0.25) is 0 Å². The van der Waals surface area contributed by atoms with Gasteiger partial charge in [0.1, 0.15) is 0 Å². The highest BCUT2D eigenvalue weighted by molar-refractivity contribution is 4.66. The zero-order valence-electron chi connectivity index (χ0n) is 9.19. The largest absolute Gasteiger partial charge is 0.312 e. The highest BCUT2D eigenvalue weighted by atomic mass is 14.9. The standard InChI is InChI=1S/C11H25N/c1-5-7-9-11(4)12-10(3)8-6-2/h10-12H,5-9H2,1-4H3. The molecule has 0 fully saturated rings. The molecule has 0 radical (unpaired) electrons. The summed E-state index contributed by atoms with van der Waals surface area (Å²) in [5.41, 5.74) is 0. The molecule has 0 saturated carbocycles. The predicted molar refractivity (Wildman–Crippen MR) is 56.5 cm³/mol. The van der Waals surface area contributed by atoms with Crippen LogP contribution < -0.4 is 5.32 Å². The van der Waals surface area contributed by atoms with E-state index in [-0.39, 0.29) is 0 Å². The van der Waals surface area contributed by atoms with Gasteiger partial charge in [-0.2, -0.15) is 0 Å². The molecule has 74 valence electrons. The van der Waals surface area contributed by atoms with E-state index < -0.39 is 0 Å². The zero-order chi connectivity index (χ0) is 9.40. The van der Waals surface area contributed by atoms with Crippen molar-refractivity contribution in [3.63, 3.8) is 0 Å². The lowest BCUT2D eigenvalue weighted by atomic mass is 10.1. The minimum Gasteiger partial charge on any atom is -0.312 e. The predicted octanol–water partition coefficient (Wildman–Crippen LogP) is 3.34. The molecule has 0 saturated heterocycles. The van der Waals surface area contributed by atoms with Gasteiger partial charge in [-0.05, 0) is 26.7 Å². The van der Waals surface area contributed by atoms with E-state index in [9.17, 15) is 0 Å². The summed E-state index contributed by atoms with van der Waals surface area (Å²) in [6, 6.07) is 1.40. The van der Waals surface area contributed by atoms with Gasteiger partial charge in [-0.1, -0.05) is 33.1 Å². The van der Waals surface area contributed by atoms with E-state index >= 15 is 0 Å². The fourth-order valence-electron chi connectivity index (χ4n) is 1.60. The summed E-state index contributed by atoms with van der Waals surface area (Å²) in [5.74, 6) is 0. The number of hydrogen-bond acceptors (Lipinski definition) is 1. The van der Waals surface area contributed by atoms with Gasteiger partial charge in [0.15, 0.2) is 0 Å². The molecule has 0 aromatic carbocycles. The third kappa shape index (κ3) is 6.66. The van der Waals surface area contributed by atoms with Crippen molar-refractivity contribution in [1.82, 2.24) is 5.32 Å². The molecule has 0 aliphatic heterocycles. The first-order valence-electron chi connectivity index (χ1n) is 5.46. The zero-order valence-corrected chi connectivity index (χ0v) is 9.19. The van der Waals surface area contributed by atoms with Crippen molar-refractivity contribution >= 4 is 0 Å². The lowest BCUT2D eigenvalue weighted by Gasteiger charge is -2.19. The quantitative estimate of drug-likeness (QED) is 0.619. The summed E-state index contributed by atoms with van der Waals surface area (Å²) in [4.78, 5) is 0. The molecular weight excluding hydrogens is 146 g/mol. The molecule has 0 bridgehead atoms. The molecule has 0 amide bonds. The summed E-state index contributed by atoms with van der Waals surface area (Å²) in [7, 11) is 0. The Balaban J connectivity index is 3.33. The van der Waals surface area contributed by atoms with Crippen molar-refractivity contribution in [2.75, 3.05) is 0 Å². The third-order valence-electron chi connectivity index (χ3n) is 2.28. The smallest absolute Gasteiger partial charge is 0.00412 e. The summed E-state index contributed by atoms with van der Waals surface area (Å²) in [6.45, 7) is 9.07. The molecule has 1 heteroatoms. The molecule has 1 N–H and O–H groups in total. The van der Waals surface area contributed by atoms with Crippen LogP contribution in [0.15, 0.2) is 0 Å². The topological polar surface area (TPSA) is 12.0 Å². The van der Waals surface area contributed by atoms with E-state index in [1.165, 1.54) is 32.1 Å². The molecule has 12 heavy (non-hydrogen) atoms. The Kier molecular flexibility index (Phi) is 7.58. The van der Waals surface area contributed by atoms with E-state index in [4.69, 9.17) is 0 Å². The van der Waals surface area contributed by atoms with E-state index in [1.54, 1.807) is 0 Å². The third-order valence-corrected chi connectivity index (χ3v) is 2.28. The van der Waals surface area contributed by atoms with Crippen molar-refractivity contribution < 1.29 is 0 Å². The molecular formula is C11H25N. The summed E-state index contributed by atoms with van der Waals surface area (Å²) < 4.78 is 0. The Labute approximate surface area is 77.9 Å². The average Bonchev–Trinajstić information content (AvgIpc) is 2.01. The van der Waals surface area contributed by atoms with Crippen LogP contribution >= 0.6 is 0 Å². The minimum absolute atomic E-state index is 0.696. The summed E-state index contributed by atoms with van der Waals surface area (Å²) >= 11 is 0. The molecule has 0 rings (SSSR count). The van der Waals surface area contributed by atoms with Crippen molar-refractivity contribution in [2.45, 2.75) is 71.9 Å². The monoisotopic (exact) mass is 171 g/mol. The second-order valence-electron chi connectivity index (χ2n) is 3.90. The first-order chi connectivity index (χ1) is 5.70. The Bertz CT molecular complexity index is 91.0. The number of unbranched alkanes of at least 4 members (excludes halogenated alkanes) is 1. The normalized spacial score (nSPS) is 16.0.